The number of pyridine rings is 2. The van der Waals surface area contributed by atoms with Gasteiger partial charge in [0.2, 0.25) is 0 Å². The minimum atomic E-state index is -1.32. The third-order valence-corrected chi connectivity index (χ3v) is 5.98. The van der Waals surface area contributed by atoms with Gasteiger partial charge in [-0.15, -0.1) is 0 Å². The van der Waals surface area contributed by atoms with Crippen molar-refractivity contribution >= 4 is 21.9 Å². The molecule has 0 spiro atoms. The lowest BCUT2D eigenvalue weighted by Gasteiger charge is -2.23. The minimum Gasteiger partial charge on any atom is -0.496 e. The van der Waals surface area contributed by atoms with Crippen molar-refractivity contribution in [3.8, 4) is 16.9 Å². The van der Waals surface area contributed by atoms with E-state index in [4.69, 9.17) is 14.2 Å². The molecule has 5 aromatic rings. The summed E-state index contributed by atoms with van der Waals surface area (Å²) in [5.74, 6) is 1.91. The molecule has 8 heteroatoms. The number of methoxy groups -OCH3 is 1. The maximum atomic E-state index is 11.4. The van der Waals surface area contributed by atoms with Crippen LogP contribution < -0.4 is 4.74 Å². The number of fused-ring (bicyclic) bond motifs is 3. The van der Waals surface area contributed by atoms with Crippen LogP contribution in [0.4, 0.5) is 0 Å². The summed E-state index contributed by atoms with van der Waals surface area (Å²) in [6.07, 6.45) is 5.05. The lowest BCUT2D eigenvalue weighted by atomic mass is 9.97. The quantitative estimate of drug-likeness (QED) is 0.460. The molecule has 162 valence electrons. The number of benzene rings is 1. The van der Waals surface area contributed by atoms with Gasteiger partial charge in [0.25, 0.3) is 0 Å². The molecule has 4 aromatic heterocycles. The molecule has 8 nitrogen and oxygen atoms in total. The lowest BCUT2D eigenvalue weighted by Crippen LogP contribution is -2.27. The number of rotatable bonds is 4. The largest absolute Gasteiger partial charge is 0.496 e. The van der Waals surface area contributed by atoms with Gasteiger partial charge < -0.3 is 18.9 Å². The summed E-state index contributed by atoms with van der Waals surface area (Å²) in [5.41, 5.74) is 4.22. The molecule has 0 amide bonds. The number of ether oxygens (including phenoxy) is 1. The molecule has 0 bridgehead atoms. The fourth-order valence-corrected chi connectivity index (χ4v) is 4.37. The third-order valence-electron chi connectivity index (χ3n) is 5.98. The smallest absolute Gasteiger partial charge is 0.146 e. The summed E-state index contributed by atoms with van der Waals surface area (Å²) in [7, 11) is 3.53. The standard InChI is InChI=1S/C24H23N5O3/c1-13-21(14(2)32-28-13)17-9-18-16(10-20(17)31-5)22-19(12-26-18)27-23(29(22)4)24(3,30)15-7-6-8-25-11-15/h6-12,30H,1-5H3. The van der Waals surface area contributed by atoms with Crippen molar-refractivity contribution in [3.63, 3.8) is 0 Å². The highest BCUT2D eigenvalue weighted by Gasteiger charge is 2.32. The van der Waals surface area contributed by atoms with Crippen LogP contribution in [0.1, 0.15) is 29.8 Å². The van der Waals surface area contributed by atoms with Crippen molar-refractivity contribution in [2.75, 3.05) is 7.11 Å². The van der Waals surface area contributed by atoms with Crippen LogP contribution in [0.25, 0.3) is 33.1 Å². The van der Waals surface area contributed by atoms with Crippen LogP contribution in [-0.2, 0) is 12.6 Å². The normalized spacial score (nSPS) is 13.6. The molecule has 32 heavy (non-hydrogen) atoms. The number of hydrogen-bond acceptors (Lipinski definition) is 7. The fraction of sp³-hybridized carbons (Fsp3) is 0.250. The summed E-state index contributed by atoms with van der Waals surface area (Å²) in [6, 6.07) is 7.56. The van der Waals surface area contributed by atoms with E-state index >= 15 is 0 Å². The van der Waals surface area contributed by atoms with Gasteiger partial charge in [0, 0.05) is 36.0 Å². The van der Waals surface area contributed by atoms with Crippen molar-refractivity contribution < 1.29 is 14.4 Å². The second kappa shape index (κ2) is 7.13. The van der Waals surface area contributed by atoms with Gasteiger partial charge in [0.1, 0.15) is 28.5 Å². The van der Waals surface area contributed by atoms with Crippen LogP contribution in [0, 0.1) is 13.8 Å². The molecule has 0 aliphatic carbocycles. The zero-order valence-electron chi connectivity index (χ0n) is 18.5. The molecule has 5 rings (SSSR count). The van der Waals surface area contributed by atoms with Crippen LogP contribution in [0.15, 0.2) is 47.4 Å². The van der Waals surface area contributed by atoms with Crippen molar-refractivity contribution in [1.29, 1.82) is 0 Å². The molecule has 1 unspecified atom stereocenters. The molecule has 1 N–H and O–H groups in total. The summed E-state index contributed by atoms with van der Waals surface area (Å²) in [5, 5.41) is 16.3. The van der Waals surface area contributed by atoms with E-state index in [1.807, 2.05) is 43.7 Å². The van der Waals surface area contributed by atoms with E-state index in [-0.39, 0.29) is 0 Å². The zero-order valence-corrected chi connectivity index (χ0v) is 18.5. The van der Waals surface area contributed by atoms with Gasteiger partial charge in [-0.2, -0.15) is 0 Å². The van der Waals surface area contributed by atoms with Gasteiger partial charge in [-0.25, -0.2) is 4.98 Å². The summed E-state index contributed by atoms with van der Waals surface area (Å²) in [4.78, 5) is 13.5. The van der Waals surface area contributed by atoms with E-state index in [9.17, 15) is 5.11 Å². The van der Waals surface area contributed by atoms with E-state index < -0.39 is 5.60 Å². The van der Waals surface area contributed by atoms with E-state index in [1.165, 1.54) is 0 Å². The fourth-order valence-electron chi connectivity index (χ4n) is 4.37. The first-order valence-corrected chi connectivity index (χ1v) is 10.2. The second-order valence-electron chi connectivity index (χ2n) is 8.07. The van der Waals surface area contributed by atoms with Gasteiger partial charge in [-0.3, -0.25) is 9.97 Å². The Balaban J connectivity index is 1.77. The molecular weight excluding hydrogens is 406 g/mol. The Kier molecular flexibility index (Phi) is 4.49. The van der Waals surface area contributed by atoms with Crippen LogP contribution in [0.3, 0.4) is 0 Å². The first-order chi connectivity index (χ1) is 15.3. The molecule has 0 saturated heterocycles. The van der Waals surface area contributed by atoms with Crippen molar-refractivity contribution in [2.24, 2.45) is 7.05 Å². The first-order valence-electron chi connectivity index (χ1n) is 10.2. The van der Waals surface area contributed by atoms with Gasteiger partial charge >= 0.3 is 0 Å². The third kappa shape index (κ3) is 2.87. The Labute approximate surface area is 184 Å². The van der Waals surface area contributed by atoms with Crippen LogP contribution in [0.2, 0.25) is 0 Å². The molecule has 1 atom stereocenters. The van der Waals surface area contributed by atoms with Crippen molar-refractivity contribution in [1.82, 2.24) is 24.7 Å². The Morgan fingerprint density at radius 1 is 1.16 bits per heavy atom. The monoisotopic (exact) mass is 429 g/mol. The number of aryl methyl sites for hydroxylation is 3. The second-order valence-corrected chi connectivity index (χ2v) is 8.07. The zero-order chi connectivity index (χ0) is 22.6. The highest BCUT2D eigenvalue weighted by atomic mass is 16.5. The van der Waals surface area contributed by atoms with Crippen LogP contribution in [-0.4, -0.2) is 36.9 Å². The Hall–Kier alpha value is -3.78. The van der Waals surface area contributed by atoms with Crippen molar-refractivity contribution in [3.05, 3.63) is 65.7 Å². The minimum absolute atomic E-state index is 0.503. The van der Waals surface area contributed by atoms with Gasteiger partial charge in [-0.1, -0.05) is 11.2 Å². The van der Waals surface area contributed by atoms with E-state index in [2.05, 4.69) is 15.1 Å². The average molecular weight is 429 g/mol. The van der Waals surface area contributed by atoms with Gasteiger partial charge in [0.15, 0.2) is 0 Å². The van der Waals surface area contributed by atoms with Crippen LogP contribution >= 0.6 is 0 Å². The van der Waals surface area contributed by atoms with Gasteiger partial charge in [-0.05, 0) is 39.0 Å². The molecular formula is C24H23N5O3. The average Bonchev–Trinajstić information content (AvgIpc) is 3.32. The summed E-state index contributed by atoms with van der Waals surface area (Å²) in [6.45, 7) is 5.50. The SMILES string of the molecule is COc1cc2c(cc1-c1c(C)noc1C)ncc1nc(C(C)(O)c3cccnc3)n(C)c12. The topological polar surface area (TPSA) is 99.1 Å². The maximum Gasteiger partial charge on any atom is 0.146 e. The summed E-state index contributed by atoms with van der Waals surface area (Å²) >= 11 is 0. The number of nitrogens with zero attached hydrogens (tertiary/aromatic N) is 5. The summed E-state index contributed by atoms with van der Waals surface area (Å²) < 4.78 is 13.0. The molecule has 0 saturated carbocycles. The molecule has 1 aromatic carbocycles. The predicted molar refractivity (Wildman–Crippen MR) is 120 cm³/mol. The molecule has 0 radical (unpaired) electrons. The predicted octanol–water partition coefficient (Wildman–Crippen LogP) is 4.05. The first kappa shape index (κ1) is 20.1. The van der Waals surface area contributed by atoms with E-state index in [0.717, 1.165) is 39.0 Å². The Morgan fingerprint density at radius 2 is 1.97 bits per heavy atom. The van der Waals surface area contributed by atoms with Gasteiger partial charge in [0.05, 0.1) is 35.6 Å². The molecule has 0 aliphatic rings. The lowest BCUT2D eigenvalue weighted by molar-refractivity contribution is 0.0893. The number of imidazole rings is 1. The van der Waals surface area contributed by atoms with Crippen LogP contribution in [0.5, 0.6) is 5.75 Å². The molecule has 4 heterocycles. The molecule has 0 fully saturated rings. The number of aromatic nitrogens is 5. The van der Waals surface area contributed by atoms with E-state index in [0.29, 0.717) is 22.7 Å². The number of hydrogen-bond donors (Lipinski definition) is 1. The Bertz CT molecular complexity index is 1450. The number of aliphatic hydroxyl groups is 1. The van der Waals surface area contributed by atoms with Crippen molar-refractivity contribution in [2.45, 2.75) is 26.4 Å². The highest BCUT2D eigenvalue weighted by molar-refractivity contribution is 6.05. The van der Waals surface area contributed by atoms with E-state index in [1.54, 1.807) is 38.7 Å². The Morgan fingerprint density at radius 3 is 2.62 bits per heavy atom. The maximum absolute atomic E-state index is 11.4. The molecule has 0 aliphatic heterocycles. The highest BCUT2D eigenvalue weighted by Crippen LogP contribution is 2.39.